The van der Waals surface area contributed by atoms with Crippen LogP contribution in [0.4, 0.5) is 0 Å². The first kappa shape index (κ1) is 14.8. The number of benzene rings is 1. The van der Waals surface area contributed by atoms with Gasteiger partial charge in [-0.1, -0.05) is 29.8 Å². The van der Waals surface area contributed by atoms with Gasteiger partial charge < -0.3 is 4.57 Å². The molecule has 0 radical (unpaired) electrons. The van der Waals surface area contributed by atoms with Crippen LogP contribution in [0.15, 0.2) is 52.5 Å². The summed E-state index contributed by atoms with van der Waals surface area (Å²) in [7, 11) is 0. The van der Waals surface area contributed by atoms with Gasteiger partial charge in [-0.2, -0.15) is 5.10 Å². The third kappa shape index (κ3) is 3.46. The van der Waals surface area contributed by atoms with E-state index in [4.69, 9.17) is 11.6 Å². The minimum atomic E-state index is 0.693. The molecule has 2 aromatic rings. The van der Waals surface area contributed by atoms with E-state index in [0.717, 1.165) is 26.8 Å². The van der Waals surface area contributed by atoms with Crippen LogP contribution < -0.4 is 4.80 Å². The molecule has 0 fully saturated rings. The van der Waals surface area contributed by atoms with E-state index in [1.807, 2.05) is 44.2 Å². The van der Waals surface area contributed by atoms with E-state index in [1.165, 1.54) is 0 Å². The molecule has 5 heteroatoms. The second-order valence-electron chi connectivity index (χ2n) is 4.46. The molecule has 20 heavy (non-hydrogen) atoms. The first-order chi connectivity index (χ1) is 9.61. The number of allylic oxidation sites excluding steroid dienone is 1. The van der Waals surface area contributed by atoms with Crippen molar-refractivity contribution in [1.29, 1.82) is 0 Å². The predicted octanol–water partition coefficient (Wildman–Crippen LogP) is 4.35. The van der Waals surface area contributed by atoms with Crippen molar-refractivity contribution >= 4 is 28.6 Å². The van der Waals surface area contributed by atoms with Gasteiger partial charge >= 0.3 is 0 Å². The largest absolute Gasteiger partial charge is 0.311 e. The Morgan fingerprint density at radius 3 is 2.65 bits per heavy atom. The van der Waals surface area contributed by atoms with Crippen LogP contribution in [0.5, 0.6) is 0 Å². The van der Waals surface area contributed by atoms with E-state index < -0.39 is 0 Å². The molecule has 2 rings (SSSR count). The summed E-state index contributed by atoms with van der Waals surface area (Å²) in [6.07, 6.45) is 1.85. The molecule has 0 atom stereocenters. The van der Waals surface area contributed by atoms with Crippen molar-refractivity contribution in [1.82, 2.24) is 4.57 Å². The molecule has 0 unspecified atom stereocenters. The lowest BCUT2D eigenvalue weighted by Gasteiger charge is -2.06. The molecular formula is C15H16ClN3S. The van der Waals surface area contributed by atoms with Gasteiger partial charge in [0.2, 0.25) is 4.80 Å². The predicted molar refractivity (Wildman–Crippen MR) is 87.3 cm³/mol. The molecule has 0 N–H and O–H groups in total. The Balaban J connectivity index is 2.54. The molecule has 1 aromatic heterocycles. The minimum absolute atomic E-state index is 0.693. The van der Waals surface area contributed by atoms with Crippen molar-refractivity contribution in [3.63, 3.8) is 0 Å². The van der Waals surface area contributed by atoms with Crippen LogP contribution in [-0.2, 0) is 6.54 Å². The number of hydrogen-bond acceptors (Lipinski definition) is 3. The fourth-order valence-electron chi connectivity index (χ4n) is 1.71. The lowest BCUT2D eigenvalue weighted by Crippen LogP contribution is -2.14. The topological polar surface area (TPSA) is 29.6 Å². The quantitative estimate of drug-likeness (QED) is 0.456. The standard InChI is InChI=1S/C15H16ClN3S/c1-4-9-19-14(12-5-7-13(16)8-6-12)10-20-15(19)18-17-11(2)3/h4-8,10H,1,9H2,2-3H3/b18-15-. The molecule has 0 aliphatic rings. The van der Waals surface area contributed by atoms with Crippen LogP contribution in [0, 0.1) is 0 Å². The maximum atomic E-state index is 5.93. The van der Waals surface area contributed by atoms with Crippen LogP contribution in [0.3, 0.4) is 0 Å². The van der Waals surface area contributed by atoms with Gasteiger partial charge in [0.25, 0.3) is 0 Å². The van der Waals surface area contributed by atoms with E-state index >= 15 is 0 Å². The van der Waals surface area contributed by atoms with Crippen molar-refractivity contribution in [2.45, 2.75) is 20.4 Å². The number of rotatable bonds is 4. The summed E-state index contributed by atoms with van der Waals surface area (Å²) in [6.45, 7) is 8.35. The molecule has 0 aliphatic carbocycles. The Bertz CT molecular complexity index is 689. The summed E-state index contributed by atoms with van der Waals surface area (Å²) in [5, 5.41) is 11.2. The van der Waals surface area contributed by atoms with Gasteiger partial charge in [0.05, 0.1) is 5.69 Å². The molecule has 0 saturated carbocycles. The smallest absolute Gasteiger partial charge is 0.211 e. The molecule has 0 saturated heterocycles. The molecule has 104 valence electrons. The second-order valence-corrected chi connectivity index (χ2v) is 5.73. The summed E-state index contributed by atoms with van der Waals surface area (Å²) in [4.78, 5) is 0.857. The molecule has 1 heterocycles. The fourth-order valence-corrected chi connectivity index (χ4v) is 2.70. The van der Waals surface area contributed by atoms with Crippen molar-refractivity contribution in [3.8, 4) is 11.3 Å². The van der Waals surface area contributed by atoms with E-state index in [2.05, 4.69) is 26.7 Å². The summed E-state index contributed by atoms with van der Waals surface area (Å²) >= 11 is 7.50. The lowest BCUT2D eigenvalue weighted by atomic mass is 10.2. The average molecular weight is 306 g/mol. The Kier molecular flexibility index (Phi) is 4.93. The highest BCUT2D eigenvalue weighted by atomic mass is 35.5. The van der Waals surface area contributed by atoms with Crippen LogP contribution >= 0.6 is 22.9 Å². The first-order valence-corrected chi connectivity index (χ1v) is 7.47. The zero-order valence-corrected chi connectivity index (χ0v) is 13.1. The zero-order valence-electron chi connectivity index (χ0n) is 11.5. The molecule has 0 amide bonds. The summed E-state index contributed by atoms with van der Waals surface area (Å²) in [6, 6.07) is 7.78. The van der Waals surface area contributed by atoms with Crippen molar-refractivity contribution in [2.75, 3.05) is 0 Å². The Morgan fingerprint density at radius 1 is 1.35 bits per heavy atom. The summed E-state index contributed by atoms with van der Waals surface area (Å²) in [5.41, 5.74) is 3.12. The number of aromatic nitrogens is 1. The van der Waals surface area contributed by atoms with Crippen LogP contribution in [0.1, 0.15) is 13.8 Å². The lowest BCUT2D eigenvalue weighted by molar-refractivity contribution is 0.788. The van der Waals surface area contributed by atoms with E-state index in [-0.39, 0.29) is 0 Å². The van der Waals surface area contributed by atoms with Gasteiger partial charge in [-0.3, -0.25) is 0 Å². The highest BCUT2D eigenvalue weighted by molar-refractivity contribution is 7.07. The number of nitrogens with zero attached hydrogens (tertiary/aromatic N) is 3. The van der Waals surface area contributed by atoms with Crippen molar-refractivity contribution < 1.29 is 0 Å². The van der Waals surface area contributed by atoms with Crippen molar-refractivity contribution in [2.24, 2.45) is 10.2 Å². The maximum absolute atomic E-state index is 5.93. The SMILES string of the molecule is C=CCn1c(-c2ccc(Cl)cc2)cs/c1=N\N=C(C)C. The normalized spacial score (nSPS) is 11.4. The van der Waals surface area contributed by atoms with E-state index in [9.17, 15) is 0 Å². The van der Waals surface area contributed by atoms with E-state index in [0.29, 0.717) is 6.54 Å². The fraction of sp³-hybridized carbons (Fsp3) is 0.200. The highest BCUT2D eigenvalue weighted by Gasteiger charge is 2.06. The average Bonchev–Trinajstić information content (AvgIpc) is 2.81. The third-order valence-electron chi connectivity index (χ3n) is 2.58. The molecule has 0 bridgehead atoms. The van der Waals surface area contributed by atoms with Gasteiger partial charge in [-0.05, 0) is 31.5 Å². The molecule has 3 nitrogen and oxygen atoms in total. The molecule has 1 aromatic carbocycles. The molecule has 0 aliphatic heterocycles. The van der Waals surface area contributed by atoms with Gasteiger partial charge in [0.15, 0.2) is 0 Å². The van der Waals surface area contributed by atoms with E-state index in [1.54, 1.807) is 11.3 Å². The van der Waals surface area contributed by atoms with Crippen LogP contribution in [-0.4, -0.2) is 10.3 Å². The highest BCUT2D eigenvalue weighted by Crippen LogP contribution is 2.22. The first-order valence-electron chi connectivity index (χ1n) is 6.22. The summed E-state index contributed by atoms with van der Waals surface area (Å²) < 4.78 is 2.09. The number of halogens is 1. The monoisotopic (exact) mass is 305 g/mol. The van der Waals surface area contributed by atoms with Crippen LogP contribution in [0.2, 0.25) is 5.02 Å². The second kappa shape index (κ2) is 6.68. The van der Waals surface area contributed by atoms with Crippen molar-refractivity contribution in [3.05, 3.63) is 52.1 Å². The Hall–Kier alpha value is -1.65. The van der Waals surface area contributed by atoms with Gasteiger partial charge in [-0.25, -0.2) is 0 Å². The third-order valence-corrected chi connectivity index (χ3v) is 3.69. The minimum Gasteiger partial charge on any atom is -0.311 e. The van der Waals surface area contributed by atoms with Crippen LogP contribution in [0.25, 0.3) is 11.3 Å². The zero-order chi connectivity index (χ0) is 14.5. The van der Waals surface area contributed by atoms with Gasteiger partial charge in [0.1, 0.15) is 0 Å². The summed E-state index contributed by atoms with van der Waals surface area (Å²) in [5.74, 6) is 0. The Labute approximate surface area is 127 Å². The van der Waals surface area contributed by atoms with Gasteiger partial charge in [-0.15, -0.1) is 23.0 Å². The number of hydrogen-bond donors (Lipinski definition) is 0. The maximum Gasteiger partial charge on any atom is 0.211 e. The number of thiazole rings is 1. The molecular weight excluding hydrogens is 290 g/mol. The van der Waals surface area contributed by atoms with Gasteiger partial charge in [0, 0.05) is 22.7 Å². The molecule has 0 spiro atoms. The Morgan fingerprint density at radius 2 is 2.05 bits per heavy atom.